The first kappa shape index (κ1) is 25.2. The molecule has 0 fully saturated rings. The summed E-state index contributed by atoms with van der Waals surface area (Å²) >= 11 is 0. The molecule has 2 aromatic carbocycles. The van der Waals surface area contributed by atoms with Gasteiger partial charge in [-0.2, -0.15) is 0 Å². The molecule has 0 saturated carbocycles. The number of ether oxygens (including phenoxy) is 5. The quantitative estimate of drug-likeness (QED) is 0.454. The predicted molar refractivity (Wildman–Crippen MR) is 135 cm³/mol. The summed E-state index contributed by atoms with van der Waals surface area (Å²) in [5.41, 5.74) is 1.74. The lowest BCUT2D eigenvalue weighted by atomic mass is 9.92. The first-order chi connectivity index (χ1) is 17.2. The maximum atomic E-state index is 12.8. The van der Waals surface area contributed by atoms with Gasteiger partial charge in [0, 0.05) is 35.5 Å². The molecule has 1 aromatic heterocycles. The molecule has 1 aliphatic rings. The van der Waals surface area contributed by atoms with Crippen molar-refractivity contribution in [2.24, 2.45) is 0 Å². The van der Waals surface area contributed by atoms with E-state index in [4.69, 9.17) is 28.1 Å². The lowest BCUT2D eigenvalue weighted by Crippen LogP contribution is -2.32. The fourth-order valence-electron chi connectivity index (χ4n) is 4.40. The first-order valence-electron chi connectivity index (χ1n) is 11.7. The minimum absolute atomic E-state index is 0.282. The molecule has 3 aromatic rings. The molecule has 0 aliphatic carbocycles. The van der Waals surface area contributed by atoms with Crippen molar-refractivity contribution in [2.75, 3.05) is 33.3 Å². The number of rotatable bonds is 8. The first-order valence-corrected chi connectivity index (χ1v) is 11.7. The number of carbonyl (C=O) groups excluding carboxylic acids is 1. The molecule has 1 N–H and O–H groups in total. The van der Waals surface area contributed by atoms with Crippen LogP contribution in [0.25, 0.3) is 11.0 Å². The smallest absolute Gasteiger partial charge is 0.336 e. The summed E-state index contributed by atoms with van der Waals surface area (Å²) in [5, 5.41) is 3.47. The van der Waals surface area contributed by atoms with Crippen LogP contribution in [0.1, 0.15) is 38.3 Å². The molecule has 1 aliphatic heterocycles. The second kappa shape index (κ2) is 10.0. The lowest BCUT2D eigenvalue weighted by molar-refractivity contribution is -0.118. The number of benzene rings is 2. The van der Waals surface area contributed by atoms with E-state index < -0.39 is 11.5 Å². The van der Waals surface area contributed by atoms with Crippen molar-refractivity contribution in [3.63, 3.8) is 0 Å². The van der Waals surface area contributed by atoms with Gasteiger partial charge in [-0.25, -0.2) is 4.79 Å². The van der Waals surface area contributed by atoms with Crippen LogP contribution in [0.3, 0.4) is 0 Å². The van der Waals surface area contributed by atoms with E-state index in [1.165, 1.54) is 27.4 Å². The van der Waals surface area contributed by atoms with Gasteiger partial charge in [0.2, 0.25) is 5.75 Å². The zero-order chi connectivity index (χ0) is 26.0. The van der Waals surface area contributed by atoms with Crippen LogP contribution in [0.5, 0.6) is 28.7 Å². The topological polar surface area (TPSA) is 105 Å². The molecule has 0 unspecified atom stereocenters. The largest absolute Gasteiger partial charge is 0.493 e. The fraction of sp³-hybridized carbons (Fsp3) is 0.407. The third-order valence-electron chi connectivity index (χ3n) is 6.17. The molecule has 1 amide bonds. The van der Waals surface area contributed by atoms with Gasteiger partial charge in [0.15, 0.2) is 18.1 Å². The van der Waals surface area contributed by atoms with Crippen molar-refractivity contribution in [3.8, 4) is 28.7 Å². The van der Waals surface area contributed by atoms with Gasteiger partial charge < -0.3 is 33.4 Å². The Kier molecular flexibility index (Phi) is 7.01. The number of amides is 1. The van der Waals surface area contributed by atoms with E-state index >= 15 is 0 Å². The summed E-state index contributed by atoms with van der Waals surface area (Å²) < 4.78 is 33.8. The molecular formula is C27H31NO8. The molecule has 4 rings (SSSR count). The van der Waals surface area contributed by atoms with Crippen molar-refractivity contribution in [1.29, 1.82) is 0 Å². The molecule has 9 nitrogen and oxygen atoms in total. The van der Waals surface area contributed by atoms with Crippen LogP contribution >= 0.6 is 0 Å². The fourth-order valence-corrected chi connectivity index (χ4v) is 4.40. The number of hydrogen-bond acceptors (Lipinski definition) is 8. The molecular weight excluding hydrogens is 466 g/mol. The number of nitrogens with one attached hydrogen (secondary N) is 1. The normalized spacial score (nSPS) is 13.9. The Bertz CT molecular complexity index is 1330. The van der Waals surface area contributed by atoms with Crippen LogP contribution in [0.15, 0.2) is 33.5 Å². The van der Waals surface area contributed by atoms with Crippen molar-refractivity contribution in [3.05, 3.63) is 45.8 Å². The maximum absolute atomic E-state index is 12.8. The number of fused-ring (bicyclic) bond motifs is 3. The standard InChI is InChI=1S/C27H31NO8/c1-7-15-10-23(30)35-25-17-8-9-27(2,3)36-18(17)13-19(24(15)25)34-14-22(29)28-16-11-20(31-4)26(33-6)21(12-16)32-5/h10-13H,7-9,14H2,1-6H3,(H,28,29). The number of aryl methyl sites for hydroxylation is 2. The summed E-state index contributed by atoms with van der Waals surface area (Å²) in [6, 6.07) is 6.51. The van der Waals surface area contributed by atoms with Gasteiger partial charge in [-0.15, -0.1) is 0 Å². The summed E-state index contributed by atoms with van der Waals surface area (Å²) in [4.78, 5) is 25.1. The van der Waals surface area contributed by atoms with Gasteiger partial charge in [0.05, 0.1) is 26.7 Å². The Labute approximate surface area is 209 Å². The molecule has 2 heterocycles. The summed E-state index contributed by atoms with van der Waals surface area (Å²) in [7, 11) is 4.51. The minimum atomic E-state index is -0.427. The molecule has 36 heavy (non-hydrogen) atoms. The highest BCUT2D eigenvalue weighted by atomic mass is 16.5. The van der Waals surface area contributed by atoms with E-state index in [-0.39, 0.29) is 12.2 Å². The maximum Gasteiger partial charge on any atom is 0.336 e. The second-order valence-corrected chi connectivity index (χ2v) is 9.11. The minimum Gasteiger partial charge on any atom is -0.493 e. The summed E-state index contributed by atoms with van der Waals surface area (Å²) in [5.74, 6) is 1.86. The Morgan fingerprint density at radius 1 is 1.03 bits per heavy atom. The summed E-state index contributed by atoms with van der Waals surface area (Å²) in [6.45, 7) is 5.68. The zero-order valence-electron chi connectivity index (χ0n) is 21.4. The van der Waals surface area contributed by atoms with Crippen LogP contribution in [-0.4, -0.2) is 39.4 Å². The Balaban J connectivity index is 1.65. The summed E-state index contributed by atoms with van der Waals surface area (Å²) in [6.07, 6.45) is 2.09. The van der Waals surface area contributed by atoms with Gasteiger partial charge in [-0.3, -0.25) is 4.79 Å². The van der Waals surface area contributed by atoms with E-state index in [1.807, 2.05) is 20.8 Å². The molecule has 0 bridgehead atoms. The average Bonchev–Trinajstić information content (AvgIpc) is 2.85. The Morgan fingerprint density at radius 3 is 2.33 bits per heavy atom. The molecule has 0 saturated heterocycles. The SMILES string of the molecule is CCc1cc(=O)oc2c3c(cc(OCC(=O)Nc4cc(OC)c(OC)c(OC)c4)c12)OC(C)(C)CC3. The van der Waals surface area contributed by atoms with Crippen LogP contribution in [0.4, 0.5) is 5.69 Å². The lowest BCUT2D eigenvalue weighted by Gasteiger charge is -2.33. The Morgan fingerprint density at radius 2 is 1.72 bits per heavy atom. The second-order valence-electron chi connectivity index (χ2n) is 9.11. The van der Waals surface area contributed by atoms with Gasteiger partial charge in [0.1, 0.15) is 22.7 Å². The molecule has 9 heteroatoms. The van der Waals surface area contributed by atoms with E-state index in [9.17, 15) is 9.59 Å². The van der Waals surface area contributed by atoms with E-state index in [0.29, 0.717) is 58.2 Å². The van der Waals surface area contributed by atoms with E-state index in [0.717, 1.165) is 17.5 Å². The predicted octanol–water partition coefficient (Wildman–Crippen LogP) is 4.50. The van der Waals surface area contributed by atoms with Gasteiger partial charge in [-0.05, 0) is 38.7 Å². The number of hydrogen-bond donors (Lipinski definition) is 1. The number of anilines is 1. The van der Waals surface area contributed by atoms with Gasteiger partial charge in [-0.1, -0.05) is 6.92 Å². The zero-order valence-corrected chi connectivity index (χ0v) is 21.4. The highest BCUT2D eigenvalue weighted by molar-refractivity contribution is 5.94. The van der Waals surface area contributed by atoms with Gasteiger partial charge in [0.25, 0.3) is 5.91 Å². The van der Waals surface area contributed by atoms with Crippen molar-refractivity contribution >= 4 is 22.6 Å². The van der Waals surface area contributed by atoms with Crippen LogP contribution in [0.2, 0.25) is 0 Å². The molecule has 0 spiro atoms. The van der Waals surface area contributed by atoms with Crippen LogP contribution in [-0.2, 0) is 17.6 Å². The third kappa shape index (κ3) is 4.91. The molecule has 0 radical (unpaired) electrons. The van der Waals surface area contributed by atoms with Crippen LogP contribution in [0, 0.1) is 0 Å². The average molecular weight is 498 g/mol. The van der Waals surface area contributed by atoms with Crippen molar-refractivity contribution in [1.82, 2.24) is 0 Å². The van der Waals surface area contributed by atoms with E-state index in [2.05, 4.69) is 5.32 Å². The number of methoxy groups -OCH3 is 3. The van der Waals surface area contributed by atoms with Crippen molar-refractivity contribution < 1.29 is 32.9 Å². The molecule has 192 valence electrons. The van der Waals surface area contributed by atoms with Crippen molar-refractivity contribution in [2.45, 2.75) is 45.6 Å². The highest BCUT2D eigenvalue weighted by Crippen LogP contribution is 2.43. The number of carbonyl (C=O) groups is 1. The van der Waals surface area contributed by atoms with Crippen LogP contribution < -0.4 is 34.6 Å². The highest BCUT2D eigenvalue weighted by Gasteiger charge is 2.31. The molecule has 0 atom stereocenters. The monoisotopic (exact) mass is 497 g/mol. The van der Waals surface area contributed by atoms with E-state index in [1.54, 1.807) is 18.2 Å². The Hall–Kier alpha value is -3.88. The third-order valence-corrected chi connectivity index (χ3v) is 6.17. The van der Waals surface area contributed by atoms with Gasteiger partial charge >= 0.3 is 5.63 Å².